The molecule has 6 nitrogen and oxygen atoms in total. The summed E-state index contributed by atoms with van der Waals surface area (Å²) in [4.78, 5) is 15.9. The topological polar surface area (TPSA) is 79.4 Å². The first-order chi connectivity index (χ1) is 11.6. The third-order valence-electron chi connectivity index (χ3n) is 3.35. The highest BCUT2D eigenvalue weighted by molar-refractivity contribution is 5.94. The van der Waals surface area contributed by atoms with Crippen molar-refractivity contribution in [2.45, 2.75) is 0 Å². The van der Waals surface area contributed by atoms with E-state index in [1.54, 1.807) is 24.3 Å². The molecule has 3 rings (SSSR count). The number of hydrogen-bond donors (Lipinski definition) is 1. The van der Waals surface area contributed by atoms with E-state index in [9.17, 15) is 9.18 Å². The monoisotopic (exact) mass is 327 g/mol. The summed E-state index contributed by atoms with van der Waals surface area (Å²) in [7, 11) is 1.28. The van der Waals surface area contributed by atoms with Crippen LogP contribution in [0.15, 0.2) is 54.9 Å². The van der Waals surface area contributed by atoms with Crippen LogP contribution in [0.3, 0.4) is 0 Å². The Morgan fingerprint density at radius 3 is 2.25 bits per heavy atom. The Hall–Kier alpha value is -3.35. The van der Waals surface area contributed by atoms with Gasteiger partial charge < -0.3 is 15.3 Å². The van der Waals surface area contributed by atoms with Crippen molar-refractivity contribution in [3.63, 3.8) is 0 Å². The maximum atomic E-state index is 12.9. The van der Waals surface area contributed by atoms with Crippen LogP contribution in [0.2, 0.25) is 0 Å². The second kappa shape index (κ2) is 6.41. The van der Waals surface area contributed by atoms with Crippen LogP contribution in [0.4, 0.5) is 4.39 Å². The molecule has 24 heavy (non-hydrogen) atoms. The van der Waals surface area contributed by atoms with Crippen LogP contribution >= 0.6 is 0 Å². The van der Waals surface area contributed by atoms with E-state index < -0.39 is 5.97 Å². The van der Waals surface area contributed by atoms with Crippen LogP contribution in [-0.2, 0) is 4.74 Å². The quantitative estimate of drug-likeness (QED) is 0.589. The lowest BCUT2D eigenvalue weighted by Crippen LogP contribution is -2.17. The molecule has 0 amide bonds. The van der Waals surface area contributed by atoms with E-state index in [0.717, 1.165) is 4.68 Å². The number of ether oxygens (including phenoxy) is 2. The lowest BCUT2D eigenvalue weighted by molar-refractivity contribution is 0.0592. The third kappa shape index (κ3) is 3.05. The number of imidazole rings is 1. The molecule has 2 N–H and O–H groups in total. The molecule has 0 unspecified atom stereocenters. The second-order valence-electron chi connectivity index (χ2n) is 4.92. The highest BCUT2D eigenvalue weighted by Gasteiger charge is 2.19. The Labute approximate surface area is 137 Å². The Balaban J connectivity index is 1.85. The lowest BCUT2D eigenvalue weighted by Gasteiger charge is -2.07. The van der Waals surface area contributed by atoms with Gasteiger partial charge in [-0.2, -0.15) is 0 Å². The van der Waals surface area contributed by atoms with Crippen molar-refractivity contribution in [1.29, 1.82) is 0 Å². The van der Waals surface area contributed by atoms with E-state index in [1.165, 1.54) is 37.7 Å². The third-order valence-corrected chi connectivity index (χ3v) is 3.35. The maximum absolute atomic E-state index is 12.9. The van der Waals surface area contributed by atoms with Gasteiger partial charge in [-0.15, -0.1) is 0 Å². The Morgan fingerprint density at radius 1 is 1.08 bits per heavy atom. The normalized spacial score (nSPS) is 10.4. The molecule has 0 aliphatic carbocycles. The van der Waals surface area contributed by atoms with Gasteiger partial charge in [0.05, 0.1) is 7.11 Å². The van der Waals surface area contributed by atoms with Gasteiger partial charge in [-0.1, -0.05) is 0 Å². The molecule has 2 aromatic carbocycles. The molecule has 7 heteroatoms. The van der Waals surface area contributed by atoms with Crippen molar-refractivity contribution in [1.82, 2.24) is 9.66 Å². The number of carbonyl (C=O) groups is 1. The van der Waals surface area contributed by atoms with Crippen LogP contribution in [0.1, 0.15) is 10.5 Å². The molecule has 0 saturated carbocycles. The lowest BCUT2D eigenvalue weighted by atomic mass is 10.1. The molecule has 1 aromatic heterocycles. The van der Waals surface area contributed by atoms with Crippen molar-refractivity contribution in [2.75, 3.05) is 13.0 Å². The van der Waals surface area contributed by atoms with E-state index in [2.05, 4.69) is 4.98 Å². The average molecular weight is 327 g/mol. The average Bonchev–Trinajstić information content (AvgIpc) is 2.98. The largest absolute Gasteiger partial charge is 0.464 e. The summed E-state index contributed by atoms with van der Waals surface area (Å²) < 4.78 is 24.3. The highest BCUT2D eigenvalue weighted by atomic mass is 19.1. The first-order valence-electron chi connectivity index (χ1n) is 7.03. The number of nitrogens with zero attached hydrogens (tertiary/aromatic N) is 2. The van der Waals surface area contributed by atoms with Crippen LogP contribution in [0, 0.1) is 5.82 Å². The molecule has 0 saturated heterocycles. The molecule has 122 valence electrons. The molecular formula is C17H14FN3O3. The summed E-state index contributed by atoms with van der Waals surface area (Å²) in [6, 6.07) is 12.6. The number of halogens is 1. The predicted molar refractivity (Wildman–Crippen MR) is 85.6 cm³/mol. The Bertz CT molecular complexity index is 858. The summed E-state index contributed by atoms with van der Waals surface area (Å²) in [5, 5.41) is 0. The fraction of sp³-hybridized carbons (Fsp3) is 0.0588. The number of carbonyl (C=O) groups excluding carboxylic acids is 1. The number of aromatic nitrogens is 2. The number of nitrogen functional groups attached to an aromatic ring is 1. The molecule has 0 atom stereocenters. The minimum absolute atomic E-state index is 0.157. The number of rotatable bonds is 4. The molecule has 0 aliphatic rings. The number of esters is 1. The molecule has 1 heterocycles. The summed E-state index contributed by atoms with van der Waals surface area (Å²) >= 11 is 0. The SMILES string of the molecule is COC(=O)c1c(-c2ccc(Oc3ccc(F)cc3)cc2)ncn1N. The van der Waals surface area contributed by atoms with E-state index in [0.29, 0.717) is 22.8 Å². The fourth-order valence-corrected chi connectivity index (χ4v) is 2.19. The fourth-order valence-electron chi connectivity index (χ4n) is 2.19. The van der Waals surface area contributed by atoms with Crippen molar-refractivity contribution in [3.8, 4) is 22.8 Å². The minimum atomic E-state index is -0.573. The number of nitrogens with two attached hydrogens (primary N) is 1. The maximum Gasteiger partial charge on any atom is 0.358 e. The highest BCUT2D eigenvalue weighted by Crippen LogP contribution is 2.27. The molecule has 0 fully saturated rings. The van der Waals surface area contributed by atoms with Crippen molar-refractivity contribution in [3.05, 3.63) is 66.4 Å². The van der Waals surface area contributed by atoms with Gasteiger partial charge in [0.1, 0.15) is 29.3 Å². The first-order valence-corrected chi connectivity index (χ1v) is 7.03. The molecule has 0 aliphatic heterocycles. The van der Waals surface area contributed by atoms with E-state index in [1.807, 2.05) is 0 Å². The standard InChI is InChI=1S/C17H14FN3O3/c1-23-17(22)16-15(20-10-21(16)19)11-2-6-13(7-3-11)24-14-8-4-12(18)5-9-14/h2-10H,19H2,1H3. The van der Waals surface area contributed by atoms with Gasteiger partial charge in [-0.25, -0.2) is 18.8 Å². The summed E-state index contributed by atoms with van der Waals surface area (Å²) in [5.74, 6) is 5.88. The number of hydrogen-bond acceptors (Lipinski definition) is 5. The van der Waals surface area contributed by atoms with Crippen molar-refractivity contribution < 1.29 is 18.7 Å². The second-order valence-corrected chi connectivity index (χ2v) is 4.92. The van der Waals surface area contributed by atoms with E-state index in [4.69, 9.17) is 15.3 Å². The van der Waals surface area contributed by atoms with Crippen LogP contribution in [-0.4, -0.2) is 22.7 Å². The van der Waals surface area contributed by atoms with Gasteiger partial charge in [-0.05, 0) is 48.5 Å². The molecule has 0 spiro atoms. The van der Waals surface area contributed by atoms with E-state index in [-0.39, 0.29) is 11.5 Å². The first kappa shape index (κ1) is 15.5. The van der Waals surface area contributed by atoms with Gasteiger partial charge >= 0.3 is 5.97 Å². The minimum Gasteiger partial charge on any atom is -0.464 e. The van der Waals surface area contributed by atoms with Crippen LogP contribution in [0.5, 0.6) is 11.5 Å². The van der Waals surface area contributed by atoms with Crippen LogP contribution < -0.4 is 10.6 Å². The zero-order valence-electron chi connectivity index (χ0n) is 12.8. The Morgan fingerprint density at radius 2 is 1.67 bits per heavy atom. The predicted octanol–water partition coefficient (Wildman–Crippen LogP) is 2.98. The van der Waals surface area contributed by atoms with Gasteiger partial charge in [0.2, 0.25) is 0 Å². The van der Waals surface area contributed by atoms with Gasteiger partial charge in [0.25, 0.3) is 0 Å². The van der Waals surface area contributed by atoms with Crippen molar-refractivity contribution >= 4 is 5.97 Å². The Kier molecular flexibility index (Phi) is 4.15. The summed E-state index contributed by atoms with van der Waals surface area (Å²) in [6.07, 6.45) is 1.34. The van der Waals surface area contributed by atoms with Crippen LogP contribution in [0.25, 0.3) is 11.3 Å². The molecule has 0 radical (unpaired) electrons. The van der Waals surface area contributed by atoms with E-state index >= 15 is 0 Å². The number of benzene rings is 2. The summed E-state index contributed by atoms with van der Waals surface area (Å²) in [6.45, 7) is 0. The molecule has 0 bridgehead atoms. The number of methoxy groups -OCH3 is 1. The smallest absolute Gasteiger partial charge is 0.358 e. The van der Waals surface area contributed by atoms with Gasteiger partial charge in [-0.3, -0.25) is 0 Å². The summed E-state index contributed by atoms with van der Waals surface area (Å²) in [5.41, 5.74) is 1.26. The molecular weight excluding hydrogens is 313 g/mol. The molecule has 3 aromatic rings. The zero-order chi connectivity index (χ0) is 17.1. The van der Waals surface area contributed by atoms with Crippen molar-refractivity contribution in [2.24, 2.45) is 0 Å². The zero-order valence-corrected chi connectivity index (χ0v) is 12.8. The van der Waals surface area contributed by atoms with Gasteiger partial charge in [0.15, 0.2) is 5.69 Å². The van der Waals surface area contributed by atoms with Gasteiger partial charge in [0, 0.05) is 5.56 Å².